The highest BCUT2D eigenvalue weighted by Crippen LogP contribution is 2.27. The van der Waals surface area contributed by atoms with E-state index in [1.807, 2.05) is 6.92 Å². The lowest BCUT2D eigenvalue weighted by molar-refractivity contribution is -0.114. The second kappa shape index (κ2) is 9.04. The SMILES string of the molecule is CCc1ccccc1N(CC(=O)Nc1ccc(F)c(F)c1)S(=O)(=O)c1ccccc1. The van der Waals surface area contributed by atoms with Gasteiger partial charge in [0.2, 0.25) is 5.91 Å². The van der Waals surface area contributed by atoms with Crippen LogP contribution in [0.4, 0.5) is 20.2 Å². The highest BCUT2D eigenvalue weighted by Gasteiger charge is 2.28. The van der Waals surface area contributed by atoms with E-state index >= 15 is 0 Å². The Bertz CT molecular complexity index is 1150. The van der Waals surface area contributed by atoms with Crippen LogP contribution in [0.5, 0.6) is 0 Å². The van der Waals surface area contributed by atoms with Gasteiger partial charge in [-0.25, -0.2) is 17.2 Å². The van der Waals surface area contributed by atoms with Crippen LogP contribution < -0.4 is 9.62 Å². The van der Waals surface area contributed by atoms with Gasteiger partial charge in [0.05, 0.1) is 10.6 Å². The summed E-state index contributed by atoms with van der Waals surface area (Å²) in [5.41, 5.74) is 1.15. The van der Waals surface area contributed by atoms with E-state index in [9.17, 15) is 22.0 Å². The number of sulfonamides is 1. The van der Waals surface area contributed by atoms with Crippen molar-refractivity contribution in [2.45, 2.75) is 18.2 Å². The number of hydrogen-bond donors (Lipinski definition) is 1. The minimum absolute atomic E-state index is 0.0275. The molecule has 3 rings (SSSR count). The Kier molecular flexibility index (Phi) is 6.47. The quantitative estimate of drug-likeness (QED) is 0.606. The van der Waals surface area contributed by atoms with E-state index in [0.29, 0.717) is 12.1 Å². The van der Waals surface area contributed by atoms with Crippen LogP contribution in [0.1, 0.15) is 12.5 Å². The van der Waals surface area contributed by atoms with E-state index < -0.39 is 34.1 Å². The van der Waals surface area contributed by atoms with Crippen LogP contribution in [0.25, 0.3) is 0 Å². The van der Waals surface area contributed by atoms with Gasteiger partial charge in [0.15, 0.2) is 11.6 Å². The molecular formula is C22H20F2N2O3S. The fourth-order valence-electron chi connectivity index (χ4n) is 2.98. The average Bonchev–Trinajstić information content (AvgIpc) is 2.75. The minimum Gasteiger partial charge on any atom is -0.324 e. The van der Waals surface area contributed by atoms with Gasteiger partial charge in [0.25, 0.3) is 10.0 Å². The molecule has 0 aliphatic carbocycles. The lowest BCUT2D eigenvalue weighted by Crippen LogP contribution is -2.38. The van der Waals surface area contributed by atoms with Crippen molar-refractivity contribution in [2.75, 3.05) is 16.2 Å². The molecule has 0 atom stereocenters. The number of rotatable bonds is 7. The predicted molar refractivity (Wildman–Crippen MR) is 112 cm³/mol. The number of aryl methyl sites for hydroxylation is 1. The number of carbonyl (C=O) groups excluding carboxylic acids is 1. The summed E-state index contributed by atoms with van der Waals surface area (Å²) in [6.07, 6.45) is 0.557. The Labute approximate surface area is 174 Å². The number of hydrogen-bond acceptors (Lipinski definition) is 3. The molecule has 156 valence electrons. The van der Waals surface area contributed by atoms with Crippen molar-refractivity contribution in [1.29, 1.82) is 0 Å². The molecule has 0 aliphatic rings. The van der Waals surface area contributed by atoms with Crippen LogP contribution in [0.3, 0.4) is 0 Å². The van der Waals surface area contributed by atoms with E-state index in [1.165, 1.54) is 18.2 Å². The monoisotopic (exact) mass is 430 g/mol. The molecule has 0 fully saturated rings. The molecule has 0 saturated heterocycles. The number of carbonyl (C=O) groups is 1. The Morgan fingerprint density at radius 3 is 2.27 bits per heavy atom. The highest BCUT2D eigenvalue weighted by molar-refractivity contribution is 7.92. The smallest absolute Gasteiger partial charge is 0.264 e. The molecule has 30 heavy (non-hydrogen) atoms. The van der Waals surface area contributed by atoms with Gasteiger partial charge in [-0.15, -0.1) is 0 Å². The summed E-state index contributed by atoms with van der Waals surface area (Å²) >= 11 is 0. The Hall–Kier alpha value is -3.26. The maximum Gasteiger partial charge on any atom is 0.264 e. The third kappa shape index (κ3) is 4.65. The number of halogens is 2. The summed E-state index contributed by atoms with van der Waals surface area (Å²) in [6, 6.07) is 17.6. The molecule has 1 N–H and O–H groups in total. The number of anilines is 2. The van der Waals surface area contributed by atoms with Crippen LogP contribution in [-0.4, -0.2) is 20.9 Å². The molecule has 0 saturated carbocycles. The lowest BCUT2D eigenvalue weighted by atomic mass is 10.1. The predicted octanol–water partition coefficient (Wildman–Crippen LogP) is 4.36. The van der Waals surface area contributed by atoms with Crippen LogP contribution in [0.2, 0.25) is 0 Å². The van der Waals surface area contributed by atoms with E-state index in [1.54, 1.807) is 42.5 Å². The standard InChI is InChI=1S/C22H20F2N2O3S/c1-2-16-8-6-7-11-21(16)26(30(28,29)18-9-4-3-5-10-18)15-22(27)25-17-12-13-19(23)20(24)14-17/h3-14H,2,15H2,1H3,(H,25,27). The minimum atomic E-state index is -4.05. The first kappa shape index (κ1) is 21.4. The lowest BCUT2D eigenvalue weighted by Gasteiger charge is -2.26. The summed E-state index contributed by atoms with van der Waals surface area (Å²) in [5, 5.41) is 2.42. The van der Waals surface area contributed by atoms with E-state index in [2.05, 4.69) is 5.32 Å². The van der Waals surface area contributed by atoms with Gasteiger partial charge in [-0.3, -0.25) is 9.10 Å². The van der Waals surface area contributed by atoms with E-state index in [4.69, 9.17) is 0 Å². The Balaban J connectivity index is 1.97. The molecule has 0 unspecified atom stereocenters. The maximum absolute atomic E-state index is 13.4. The summed E-state index contributed by atoms with van der Waals surface area (Å²) in [4.78, 5) is 12.7. The normalized spacial score (nSPS) is 11.2. The largest absolute Gasteiger partial charge is 0.324 e. The van der Waals surface area contributed by atoms with Crippen LogP contribution in [-0.2, 0) is 21.2 Å². The van der Waals surface area contributed by atoms with Gasteiger partial charge in [-0.2, -0.15) is 0 Å². The summed E-state index contributed by atoms with van der Waals surface area (Å²) in [6.45, 7) is 1.35. The molecule has 0 bridgehead atoms. The highest BCUT2D eigenvalue weighted by atomic mass is 32.2. The second-order valence-electron chi connectivity index (χ2n) is 6.48. The molecular weight excluding hydrogens is 410 g/mol. The summed E-state index contributed by atoms with van der Waals surface area (Å²) in [7, 11) is -4.05. The molecule has 1 amide bonds. The van der Waals surface area contributed by atoms with Gasteiger partial charge < -0.3 is 5.32 Å². The van der Waals surface area contributed by atoms with Crippen LogP contribution in [0, 0.1) is 11.6 Å². The molecule has 5 nitrogen and oxygen atoms in total. The second-order valence-corrected chi connectivity index (χ2v) is 8.35. The first-order valence-electron chi connectivity index (χ1n) is 9.23. The number of nitrogens with zero attached hydrogens (tertiary/aromatic N) is 1. The van der Waals surface area contributed by atoms with Crippen molar-refractivity contribution in [2.24, 2.45) is 0 Å². The van der Waals surface area contributed by atoms with Crippen molar-refractivity contribution in [3.63, 3.8) is 0 Å². The van der Waals surface area contributed by atoms with Gasteiger partial charge in [-0.05, 0) is 42.3 Å². The summed E-state index contributed by atoms with van der Waals surface area (Å²) < 4.78 is 54.2. The number of nitrogens with one attached hydrogen (secondary N) is 1. The summed E-state index contributed by atoms with van der Waals surface area (Å²) in [5.74, 6) is -2.84. The third-order valence-electron chi connectivity index (χ3n) is 4.46. The van der Waals surface area contributed by atoms with Gasteiger partial charge in [-0.1, -0.05) is 43.3 Å². The molecule has 0 aliphatic heterocycles. The zero-order valence-electron chi connectivity index (χ0n) is 16.2. The van der Waals surface area contributed by atoms with Crippen molar-refractivity contribution in [3.8, 4) is 0 Å². The Morgan fingerprint density at radius 1 is 0.933 bits per heavy atom. The fraction of sp³-hybridized carbons (Fsp3) is 0.136. The van der Waals surface area contributed by atoms with Gasteiger partial charge in [0, 0.05) is 11.8 Å². The Morgan fingerprint density at radius 2 is 1.60 bits per heavy atom. The molecule has 0 heterocycles. The van der Waals surface area contributed by atoms with Crippen LogP contribution in [0.15, 0.2) is 77.7 Å². The zero-order valence-corrected chi connectivity index (χ0v) is 17.0. The molecule has 0 radical (unpaired) electrons. The van der Waals surface area contributed by atoms with Crippen molar-refractivity contribution < 1.29 is 22.0 Å². The molecule has 0 spiro atoms. The fourth-order valence-corrected chi connectivity index (χ4v) is 4.46. The zero-order chi connectivity index (χ0) is 21.7. The van der Waals surface area contributed by atoms with Gasteiger partial charge in [0.1, 0.15) is 6.54 Å². The number of para-hydroxylation sites is 1. The van der Waals surface area contributed by atoms with Crippen molar-refractivity contribution in [3.05, 3.63) is 90.0 Å². The topological polar surface area (TPSA) is 66.5 Å². The first-order valence-corrected chi connectivity index (χ1v) is 10.7. The number of amides is 1. The van der Waals surface area contributed by atoms with Crippen molar-refractivity contribution in [1.82, 2.24) is 0 Å². The molecule has 3 aromatic rings. The number of benzene rings is 3. The molecule has 0 aromatic heterocycles. The molecule has 3 aromatic carbocycles. The van der Waals surface area contributed by atoms with E-state index in [0.717, 1.165) is 22.0 Å². The first-order chi connectivity index (χ1) is 14.3. The molecule has 8 heteroatoms. The third-order valence-corrected chi connectivity index (χ3v) is 6.24. The van der Waals surface area contributed by atoms with Crippen LogP contribution >= 0.6 is 0 Å². The maximum atomic E-state index is 13.4. The van der Waals surface area contributed by atoms with E-state index in [-0.39, 0.29) is 10.6 Å². The van der Waals surface area contributed by atoms with Crippen molar-refractivity contribution >= 4 is 27.3 Å². The average molecular weight is 430 g/mol. The van der Waals surface area contributed by atoms with Gasteiger partial charge >= 0.3 is 0 Å².